The van der Waals surface area contributed by atoms with E-state index in [1.165, 1.54) is 0 Å². The second-order valence-electron chi connectivity index (χ2n) is 6.79. The molecule has 0 aromatic heterocycles. The molecule has 4 aliphatic rings. The molecule has 4 rings (SSSR count). The van der Waals surface area contributed by atoms with Crippen LogP contribution in [0.5, 0.6) is 0 Å². The van der Waals surface area contributed by atoms with Crippen LogP contribution in [-0.4, -0.2) is 53.6 Å². The number of likely N-dealkylation sites (tertiary alicyclic amines) is 1. The van der Waals surface area contributed by atoms with Gasteiger partial charge in [-0.3, -0.25) is 14.4 Å². The highest BCUT2D eigenvalue weighted by Gasteiger charge is 2.37. The first-order valence-corrected chi connectivity index (χ1v) is 8.61. The molecule has 0 bridgehead atoms. The summed E-state index contributed by atoms with van der Waals surface area (Å²) in [6.07, 6.45) is 4.84. The molecule has 2 fully saturated rings. The lowest BCUT2D eigenvalue weighted by atomic mass is 9.79. The van der Waals surface area contributed by atoms with Gasteiger partial charge < -0.3 is 10.6 Å². The summed E-state index contributed by atoms with van der Waals surface area (Å²) in [5.41, 5.74) is 6.56. The second kappa shape index (κ2) is 6.02. The molecule has 8 nitrogen and oxygen atoms in total. The van der Waals surface area contributed by atoms with Gasteiger partial charge in [-0.05, 0) is 31.3 Å². The molecule has 8 heteroatoms. The number of rotatable bonds is 1. The Hall–Kier alpha value is -2.64. The quantitative estimate of drug-likeness (QED) is 0.734. The highest BCUT2D eigenvalue weighted by atomic mass is 16.2. The Bertz CT molecular complexity index is 784. The minimum atomic E-state index is -0.394. The van der Waals surface area contributed by atoms with Gasteiger partial charge in [0.2, 0.25) is 11.9 Å². The number of fused-ring (bicyclic) bond motifs is 2. The summed E-state index contributed by atoms with van der Waals surface area (Å²) in [6, 6.07) is 0. The van der Waals surface area contributed by atoms with Crippen LogP contribution >= 0.6 is 0 Å². The second-order valence-corrected chi connectivity index (χ2v) is 6.79. The Kier molecular flexibility index (Phi) is 3.82. The van der Waals surface area contributed by atoms with Gasteiger partial charge in [-0.25, -0.2) is 4.99 Å². The third-order valence-electron chi connectivity index (χ3n) is 5.28. The van der Waals surface area contributed by atoms with E-state index in [2.05, 4.69) is 15.0 Å². The fourth-order valence-electron chi connectivity index (χ4n) is 3.85. The van der Waals surface area contributed by atoms with E-state index in [-0.39, 0.29) is 23.5 Å². The number of piperidine rings is 1. The molecule has 25 heavy (non-hydrogen) atoms. The summed E-state index contributed by atoms with van der Waals surface area (Å²) < 4.78 is 0. The first-order chi connectivity index (χ1) is 12.0. The number of primary amides is 1. The number of carbonyl (C=O) groups is 3. The van der Waals surface area contributed by atoms with Gasteiger partial charge in [0.15, 0.2) is 5.84 Å². The Morgan fingerprint density at radius 3 is 2.64 bits per heavy atom. The van der Waals surface area contributed by atoms with E-state index in [0.29, 0.717) is 56.1 Å². The maximum Gasteiger partial charge on any atom is 0.284 e. The first-order valence-electron chi connectivity index (χ1n) is 8.61. The molecule has 130 valence electrons. The standard InChI is InChI=1S/C17H19N5O3/c18-14(24)9-4-6-22(7-5-9)17-20-15-13(16(25)21-17)10-2-1-3-12(23)11(10)8-19-15/h8-9,11H,1-7H2,(H2,18,24). The fourth-order valence-corrected chi connectivity index (χ4v) is 3.85. The Morgan fingerprint density at radius 2 is 1.92 bits per heavy atom. The van der Waals surface area contributed by atoms with Gasteiger partial charge in [-0.2, -0.15) is 9.98 Å². The molecule has 0 radical (unpaired) electrons. The van der Waals surface area contributed by atoms with Gasteiger partial charge in [0.25, 0.3) is 5.91 Å². The minimum Gasteiger partial charge on any atom is -0.369 e. The minimum absolute atomic E-state index is 0.104. The average molecular weight is 341 g/mol. The van der Waals surface area contributed by atoms with E-state index in [0.717, 1.165) is 12.0 Å². The molecule has 1 aliphatic carbocycles. The van der Waals surface area contributed by atoms with Crippen LogP contribution in [0.4, 0.5) is 0 Å². The maximum absolute atomic E-state index is 12.6. The normalized spacial score (nSPS) is 26.9. The molecule has 1 atom stereocenters. The van der Waals surface area contributed by atoms with Crippen LogP contribution in [0.25, 0.3) is 0 Å². The lowest BCUT2D eigenvalue weighted by Crippen LogP contribution is -2.43. The van der Waals surface area contributed by atoms with Crippen molar-refractivity contribution in [2.75, 3.05) is 13.1 Å². The molecule has 0 spiro atoms. The van der Waals surface area contributed by atoms with Crippen molar-refractivity contribution in [1.29, 1.82) is 0 Å². The zero-order valence-electron chi connectivity index (χ0n) is 13.8. The number of amides is 2. The number of allylic oxidation sites excluding steroid dienone is 1. The van der Waals surface area contributed by atoms with Crippen molar-refractivity contribution in [2.24, 2.45) is 32.5 Å². The van der Waals surface area contributed by atoms with E-state index < -0.39 is 5.92 Å². The number of Topliss-reactive ketones (excluding diaryl/α,β-unsaturated/α-hetero) is 1. The van der Waals surface area contributed by atoms with Crippen molar-refractivity contribution in [3.05, 3.63) is 11.1 Å². The molecule has 2 amide bonds. The van der Waals surface area contributed by atoms with Crippen LogP contribution in [0.2, 0.25) is 0 Å². The van der Waals surface area contributed by atoms with E-state index in [1.54, 1.807) is 6.21 Å². The molecule has 3 heterocycles. The SMILES string of the molecule is NC(=O)C1CCN(C2=NC(=O)C3=C4CCCC(=O)C4C=NC3=N2)CC1. The van der Waals surface area contributed by atoms with Crippen molar-refractivity contribution in [3.8, 4) is 0 Å². The summed E-state index contributed by atoms with van der Waals surface area (Å²) in [4.78, 5) is 50.7. The van der Waals surface area contributed by atoms with Gasteiger partial charge in [-0.15, -0.1) is 0 Å². The summed E-state index contributed by atoms with van der Waals surface area (Å²) in [5, 5.41) is 0. The van der Waals surface area contributed by atoms with Crippen molar-refractivity contribution in [3.63, 3.8) is 0 Å². The highest BCUT2D eigenvalue weighted by molar-refractivity contribution is 6.31. The third-order valence-corrected chi connectivity index (χ3v) is 5.28. The molecule has 1 unspecified atom stereocenters. The van der Waals surface area contributed by atoms with E-state index in [9.17, 15) is 14.4 Å². The monoisotopic (exact) mass is 341 g/mol. The highest BCUT2D eigenvalue weighted by Crippen LogP contribution is 2.33. The van der Waals surface area contributed by atoms with E-state index in [4.69, 9.17) is 5.73 Å². The van der Waals surface area contributed by atoms with Gasteiger partial charge in [-0.1, -0.05) is 0 Å². The van der Waals surface area contributed by atoms with Crippen LogP contribution < -0.4 is 5.73 Å². The first kappa shape index (κ1) is 15.9. The number of hydrogen-bond donors (Lipinski definition) is 1. The smallest absolute Gasteiger partial charge is 0.284 e. The van der Waals surface area contributed by atoms with Gasteiger partial charge >= 0.3 is 0 Å². The van der Waals surface area contributed by atoms with E-state index in [1.807, 2.05) is 4.90 Å². The molecule has 2 N–H and O–H groups in total. The molecule has 1 saturated heterocycles. The lowest BCUT2D eigenvalue weighted by Gasteiger charge is -2.33. The van der Waals surface area contributed by atoms with Crippen molar-refractivity contribution < 1.29 is 14.4 Å². The molecular formula is C17H19N5O3. The van der Waals surface area contributed by atoms with Crippen molar-refractivity contribution in [1.82, 2.24) is 4.90 Å². The Morgan fingerprint density at radius 1 is 1.16 bits per heavy atom. The topological polar surface area (TPSA) is 118 Å². The third kappa shape index (κ3) is 2.71. The summed E-state index contributed by atoms with van der Waals surface area (Å²) >= 11 is 0. The van der Waals surface area contributed by atoms with Gasteiger partial charge in [0, 0.05) is 31.6 Å². The Labute approximate surface area is 144 Å². The van der Waals surface area contributed by atoms with Crippen LogP contribution in [0, 0.1) is 11.8 Å². The average Bonchev–Trinajstić information content (AvgIpc) is 2.61. The number of hydrogen-bond acceptors (Lipinski definition) is 6. The number of nitrogens with zero attached hydrogens (tertiary/aromatic N) is 4. The molecule has 3 aliphatic heterocycles. The van der Waals surface area contributed by atoms with Gasteiger partial charge in [0.1, 0.15) is 5.78 Å². The summed E-state index contributed by atoms with van der Waals surface area (Å²) in [6.45, 7) is 1.15. The molecule has 0 aromatic carbocycles. The van der Waals surface area contributed by atoms with Crippen molar-refractivity contribution >= 4 is 35.6 Å². The van der Waals surface area contributed by atoms with Crippen LogP contribution in [-0.2, 0) is 14.4 Å². The number of guanidine groups is 1. The summed E-state index contributed by atoms with van der Waals surface area (Å²) in [7, 11) is 0. The number of aliphatic imine (C=N–C) groups is 3. The van der Waals surface area contributed by atoms with Crippen LogP contribution in [0.15, 0.2) is 26.1 Å². The number of ketones is 1. The van der Waals surface area contributed by atoms with Gasteiger partial charge in [0.05, 0.1) is 11.5 Å². The number of nitrogens with two attached hydrogens (primary N) is 1. The van der Waals surface area contributed by atoms with Crippen LogP contribution in [0.3, 0.4) is 0 Å². The largest absolute Gasteiger partial charge is 0.369 e. The number of dihydropyridines is 1. The number of carbonyl (C=O) groups excluding carboxylic acids is 3. The number of amidine groups is 1. The molecular weight excluding hydrogens is 322 g/mol. The predicted octanol–water partition coefficient (Wildman–Crippen LogP) is 0.229. The maximum atomic E-state index is 12.6. The Balaban J connectivity index is 1.59. The zero-order valence-corrected chi connectivity index (χ0v) is 13.8. The predicted molar refractivity (Wildman–Crippen MR) is 91.2 cm³/mol. The summed E-state index contributed by atoms with van der Waals surface area (Å²) in [5.74, 6) is -0.392. The molecule has 1 saturated carbocycles. The zero-order chi connectivity index (χ0) is 17.6. The fraction of sp³-hybridized carbons (Fsp3) is 0.529. The lowest BCUT2D eigenvalue weighted by molar-refractivity contribution is -0.123. The van der Waals surface area contributed by atoms with Crippen molar-refractivity contribution in [2.45, 2.75) is 32.1 Å². The van der Waals surface area contributed by atoms with Crippen LogP contribution in [0.1, 0.15) is 32.1 Å². The van der Waals surface area contributed by atoms with E-state index >= 15 is 0 Å². The molecule has 0 aromatic rings.